The van der Waals surface area contributed by atoms with Gasteiger partial charge in [0.05, 0.1) is 0 Å². The molecule has 21 heavy (non-hydrogen) atoms. The topological polar surface area (TPSA) is 80.9 Å². The van der Waals surface area contributed by atoms with Crippen molar-refractivity contribution in [2.75, 3.05) is 5.32 Å². The summed E-state index contributed by atoms with van der Waals surface area (Å²) in [6.07, 6.45) is 0.579. The Hall–Kier alpha value is -1.57. The van der Waals surface area contributed by atoms with E-state index in [-0.39, 0.29) is 36.6 Å². The summed E-state index contributed by atoms with van der Waals surface area (Å²) in [7, 11) is 0. The number of rotatable bonds is 5. The monoisotopic (exact) mass is 330 g/mol. The van der Waals surface area contributed by atoms with Gasteiger partial charge in [-0.2, -0.15) is 0 Å². The van der Waals surface area contributed by atoms with Crippen molar-refractivity contribution in [3.63, 3.8) is 0 Å². The summed E-state index contributed by atoms with van der Waals surface area (Å²) in [5.41, 5.74) is 6.09. The molecule has 1 heterocycles. The minimum Gasteiger partial charge on any atom is -0.327 e. The van der Waals surface area contributed by atoms with Crippen LogP contribution in [0, 0.1) is 5.82 Å². The third kappa shape index (κ3) is 5.37. The average Bonchev–Trinajstić information content (AvgIpc) is 2.78. The first kappa shape index (κ1) is 17.5. The van der Waals surface area contributed by atoms with E-state index in [0.717, 1.165) is 0 Å². The Morgan fingerprint density at radius 1 is 1.43 bits per heavy atom. The van der Waals surface area contributed by atoms with E-state index in [2.05, 4.69) is 15.5 Å². The molecule has 0 fully saturated rings. The molecule has 0 saturated carbocycles. The van der Waals surface area contributed by atoms with Gasteiger partial charge in [-0.3, -0.25) is 4.79 Å². The van der Waals surface area contributed by atoms with E-state index in [1.54, 1.807) is 25.1 Å². The smallest absolute Gasteiger partial charge is 0.227 e. The van der Waals surface area contributed by atoms with Gasteiger partial charge in [0.2, 0.25) is 11.0 Å². The lowest BCUT2D eigenvalue weighted by atomic mass is 10.1. The minimum absolute atomic E-state index is 0. The summed E-state index contributed by atoms with van der Waals surface area (Å²) < 4.78 is 13.5. The number of anilines is 1. The van der Waals surface area contributed by atoms with Crippen molar-refractivity contribution in [1.29, 1.82) is 0 Å². The highest BCUT2D eigenvalue weighted by atomic mass is 35.5. The maximum Gasteiger partial charge on any atom is 0.227 e. The molecule has 0 radical (unpaired) electrons. The van der Waals surface area contributed by atoms with Gasteiger partial charge in [-0.05, 0) is 18.6 Å². The first-order valence-corrected chi connectivity index (χ1v) is 6.97. The molecule has 5 nitrogen and oxygen atoms in total. The highest BCUT2D eigenvalue weighted by Crippen LogP contribution is 2.20. The van der Waals surface area contributed by atoms with Crippen LogP contribution >= 0.6 is 23.7 Å². The first-order valence-electron chi connectivity index (χ1n) is 6.16. The Morgan fingerprint density at radius 3 is 2.81 bits per heavy atom. The Balaban J connectivity index is 0.00000220. The normalized spacial score (nSPS) is 11.6. The SMILES string of the molecule is CC(N)CC(=O)Nc1nnc(Cc2ccccc2F)s1.Cl. The van der Waals surface area contributed by atoms with Crippen LogP contribution in [0.2, 0.25) is 0 Å². The van der Waals surface area contributed by atoms with Crippen molar-refractivity contribution < 1.29 is 9.18 Å². The van der Waals surface area contributed by atoms with Crippen molar-refractivity contribution >= 4 is 34.8 Å². The summed E-state index contributed by atoms with van der Waals surface area (Å²) >= 11 is 1.23. The predicted molar refractivity (Wildman–Crippen MR) is 83.3 cm³/mol. The zero-order chi connectivity index (χ0) is 14.5. The van der Waals surface area contributed by atoms with E-state index in [0.29, 0.717) is 22.1 Å². The third-order valence-electron chi connectivity index (χ3n) is 2.52. The molecule has 1 unspecified atom stereocenters. The number of hydrogen-bond donors (Lipinski definition) is 2. The number of halogens is 2. The zero-order valence-corrected chi connectivity index (χ0v) is 13.0. The number of hydrogen-bond acceptors (Lipinski definition) is 5. The standard InChI is InChI=1S/C13H15FN4OS.ClH/c1-8(15)6-11(19)16-13-18-17-12(20-13)7-9-4-2-3-5-10(9)14;/h2-5,8H,6-7,15H2,1H3,(H,16,18,19);1H. The van der Waals surface area contributed by atoms with Gasteiger partial charge in [-0.1, -0.05) is 29.5 Å². The van der Waals surface area contributed by atoms with Crippen LogP contribution in [0.5, 0.6) is 0 Å². The second-order valence-electron chi connectivity index (χ2n) is 4.50. The van der Waals surface area contributed by atoms with Crippen LogP contribution in [0.25, 0.3) is 0 Å². The van der Waals surface area contributed by atoms with E-state index < -0.39 is 0 Å². The van der Waals surface area contributed by atoms with Crippen molar-refractivity contribution in [3.05, 3.63) is 40.7 Å². The molecule has 114 valence electrons. The number of nitrogens with one attached hydrogen (secondary N) is 1. The molecule has 8 heteroatoms. The predicted octanol–water partition coefficient (Wildman–Crippen LogP) is 2.37. The molecule has 2 aromatic rings. The molecule has 2 rings (SSSR count). The van der Waals surface area contributed by atoms with Crippen molar-refractivity contribution in [2.45, 2.75) is 25.8 Å². The van der Waals surface area contributed by atoms with Gasteiger partial charge in [0.25, 0.3) is 0 Å². The molecule has 0 aliphatic heterocycles. The molecule has 0 aliphatic carbocycles. The van der Waals surface area contributed by atoms with Crippen molar-refractivity contribution in [1.82, 2.24) is 10.2 Å². The second-order valence-corrected chi connectivity index (χ2v) is 5.56. The summed E-state index contributed by atoms with van der Waals surface area (Å²) in [4.78, 5) is 11.5. The summed E-state index contributed by atoms with van der Waals surface area (Å²) in [6.45, 7) is 1.75. The maximum absolute atomic E-state index is 13.5. The van der Waals surface area contributed by atoms with Gasteiger partial charge in [0.15, 0.2) is 0 Å². The van der Waals surface area contributed by atoms with Crippen LogP contribution in [-0.2, 0) is 11.2 Å². The van der Waals surface area contributed by atoms with Gasteiger partial charge in [-0.15, -0.1) is 22.6 Å². The summed E-state index contributed by atoms with van der Waals surface area (Å²) in [6, 6.07) is 6.30. The van der Waals surface area contributed by atoms with E-state index in [1.807, 2.05) is 0 Å². The molecule has 1 atom stereocenters. The van der Waals surface area contributed by atoms with Gasteiger partial charge in [0, 0.05) is 18.9 Å². The molecule has 1 aromatic carbocycles. The van der Waals surface area contributed by atoms with Gasteiger partial charge in [0.1, 0.15) is 10.8 Å². The molecule has 1 amide bonds. The summed E-state index contributed by atoms with van der Waals surface area (Å²) in [5.74, 6) is -0.473. The van der Waals surface area contributed by atoms with Crippen molar-refractivity contribution in [2.24, 2.45) is 5.73 Å². The Labute approximate surface area is 132 Å². The van der Waals surface area contributed by atoms with Crippen LogP contribution in [0.3, 0.4) is 0 Å². The van der Waals surface area contributed by atoms with Gasteiger partial charge < -0.3 is 11.1 Å². The molecule has 1 aromatic heterocycles. The molecular formula is C13H16ClFN4OS. The van der Waals surface area contributed by atoms with Crippen LogP contribution in [0.15, 0.2) is 24.3 Å². The number of amides is 1. The van der Waals surface area contributed by atoms with Crippen LogP contribution < -0.4 is 11.1 Å². The van der Waals surface area contributed by atoms with Gasteiger partial charge >= 0.3 is 0 Å². The quantitative estimate of drug-likeness (QED) is 0.882. The number of nitrogens with two attached hydrogens (primary N) is 1. The second kappa shape index (κ2) is 8.02. The van der Waals surface area contributed by atoms with E-state index >= 15 is 0 Å². The molecular weight excluding hydrogens is 315 g/mol. The highest BCUT2D eigenvalue weighted by molar-refractivity contribution is 7.15. The molecule has 0 bridgehead atoms. The van der Waals surface area contributed by atoms with E-state index in [1.165, 1.54) is 17.4 Å². The third-order valence-corrected chi connectivity index (χ3v) is 3.36. The number of carbonyl (C=O) groups is 1. The van der Waals surface area contributed by atoms with Crippen molar-refractivity contribution in [3.8, 4) is 0 Å². The molecule has 0 saturated heterocycles. The molecule has 0 spiro atoms. The zero-order valence-electron chi connectivity index (χ0n) is 11.4. The Kier molecular flexibility index (Phi) is 6.67. The molecule has 3 N–H and O–H groups in total. The fourth-order valence-corrected chi connectivity index (χ4v) is 2.42. The van der Waals surface area contributed by atoms with Gasteiger partial charge in [-0.25, -0.2) is 4.39 Å². The number of carbonyl (C=O) groups excluding carboxylic acids is 1. The van der Waals surface area contributed by atoms with E-state index in [4.69, 9.17) is 5.73 Å². The lowest BCUT2D eigenvalue weighted by Crippen LogP contribution is -2.23. The fourth-order valence-electron chi connectivity index (χ4n) is 1.64. The minimum atomic E-state index is -0.273. The fraction of sp³-hybridized carbons (Fsp3) is 0.308. The maximum atomic E-state index is 13.5. The van der Waals surface area contributed by atoms with E-state index in [9.17, 15) is 9.18 Å². The Bertz CT molecular complexity index is 605. The Morgan fingerprint density at radius 2 is 2.14 bits per heavy atom. The van der Waals surface area contributed by atoms with Crippen LogP contribution in [-0.4, -0.2) is 22.1 Å². The first-order chi connectivity index (χ1) is 9.54. The molecule has 0 aliphatic rings. The van der Waals surface area contributed by atoms with Crippen LogP contribution in [0.1, 0.15) is 23.9 Å². The number of aromatic nitrogens is 2. The highest BCUT2D eigenvalue weighted by Gasteiger charge is 2.11. The lowest BCUT2D eigenvalue weighted by molar-refractivity contribution is -0.116. The number of benzene rings is 1. The summed E-state index contributed by atoms with van der Waals surface area (Å²) in [5, 5.41) is 11.5. The lowest BCUT2D eigenvalue weighted by Gasteiger charge is -2.03. The largest absolute Gasteiger partial charge is 0.327 e. The van der Waals surface area contributed by atoms with Crippen LogP contribution in [0.4, 0.5) is 9.52 Å². The number of nitrogens with zero attached hydrogens (tertiary/aromatic N) is 2. The average molecular weight is 331 g/mol.